The van der Waals surface area contributed by atoms with Crippen molar-refractivity contribution in [3.8, 4) is 0 Å². The molecule has 2 aromatic rings. The molecule has 0 spiro atoms. The molecule has 1 heterocycles. The van der Waals surface area contributed by atoms with Gasteiger partial charge in [0.25, 0.3) is 0 Å². The van der Waals surface area contributed by atoms with E-state index in [-0.39, 0.29) is 0 Å². The first-order chi connectivity index (χ1) is 9.33. The largest absolute Gasteiger partial charge is 0.315 e. The van der Waals surface area contributed by atoms with Crippen molar-refractivity contribution < 1.29 is 0 Å². The van der Waals surface area contributed by atoms with Gasteiger partial charge < -0.3 is 5.32 Å². The van der Waals surface area contributed by atoms with Crippen LogP contribution in [0.5, 0.6) is 0 Å². The van der Waals surface area contributed by atoms with Gasteiger partial charge in [-0.15, -0.1) is 11.3 Å². The minimum Gasteiger partial charge on any atom is -0.315 e. The van der Waals surface area contributed by atoms with E-state index in [9.17, 15) is 0 Å². The summed E-state index contributed by atoms with van der Waals surface area (Å²) in [6, 6.07) is 8.84. The van der Waals surface area contributed by atoms with E-state index in [0.717, 1.165) is 13.0 Å². The molecule has 3 rings (SSSR count). The van der Waals surface area contributed by atoms with Gasteiger partial charge in [-0.2, -0.15) is 0 Å². The van der Waals surface area contributed by atoms with Gasteiger partial charge in [0.2, 0.25) is 0 Å². The summed E-state index contributed by atoms with van der Waals surface area (Å²) in [4.78, 5) is 6.31. The Bertz CT molecular complexity index is 574. The minimum atomic E-state index is 0.525. The molecule has 19 heavy (non-hydrogen) atoms. The summed E-state index contributed by atoms with van der Waals surface area (Å²) in [5.74, 6) is 0.525. The van der Waals surface area contributed by atoms with Crippen LogP contribution in [0.3, 0.4) is 0 Å². The lowest BCUT2D eigenvalue weighted by atomic mass is 10.0. The van der Waals surface area contributed by atoms with Crippen molar-refractivity contribution in [3.63, 3.8) is 0 Å². The van der Waals surface area contributed by atoms with Crippen molar-refractivity contribution in [3.05, 3.63) is 51.0 Å². The summed E-state index contributed by atoms with van der Waals surface area (Å²) in [6.45, 7) is 3.13. The fraction of sp³-hybridized carbons (Fsp3) is 0.438. The molecule has 0 fully saturated rings. The Balaban J connectivity index is 1.95. The molecule has 1 aliphatic rings. The molecule has 0 amide bonds. The standard InChI is InChI=1S/C16H20N2S/c1-3-14-15(10-17-2)19-16(18-14)13-9-8-11-6-4-5-7-12(11)13/h4-7,13,17H,3,8-10H2,1-2H3. The Morgan fingerprint density at radius 3 is 3.00 bits per heavy atom. The summed E-state index contributed by atoms with van der Waals surface area (Å²) < 4.78 is 0. The highest BCUT2D eigenvalue weighted by Gasteiger charge is 2.26. The highest BCUT2D eigenvalue weighted by atomic mass is 32.1. The van der Waals surface area contributed by atoms with Crippen LogP contribution in [0.1, 0.15) is 46.0 Å². The molecule has 1 aromatic carbocycles. The van der Waals surface area contributed by atoms with Crippen molar-refractivity contribution >= 4 is 11.3 Å². The Morgan fingerprint density at radius 2 is 2.21 bits per heavy atom. The smallest absolute Gasteiger partial charge is 0.101 e. The Kier molecular flexibility index (Phi) is 3.67. The van der Waals surface area contributed by atoms with Crippen molar-refractivity contribution in [2.24, 2.45) is 0 Å². The van der Waals surface area contributed by atoms with E-state index in [0.29, 0.717) is 5.92 Å². The van der Waals surface area contributed by atoms with Crippen LogP contribution < -0.4 is 5.32 Å². The van der Waals surface area contributed by atoms with Crippen molar-refractivity contribution in [1.82, 2.24) is 10.3 Å². The van der Waals surface area contributed by atoms with Crippen LogP contribution in [0.15, 0.2) is 24.3 Å². The third-order valence-corrected chi connectivity index (χ3v) is 5.11. The van der Waals surface area contributed by atoms with E-state index in [1.54, 1.807) is 0 Å². The number of rotatable bonds is 4. The zero-order valence-corrected chi connectivity index (χ0v) is 12.4. The van der Waals surface area contributed by atoms with Crippen LogP contribution >= 0.6 is 11.3 Å². The highest BCUT2D eigenvalue weighted by Crippen LogP contribution is 2.40. The van der Waals surface area contributed by atoms with Gasteiger partial charge in [0.1, 0.15) is 5.01 Å². The summed E-state index contributed by atoms with van der Waals surface area (Å²) >= 11 is 1.90. The molecule has 0 aliphatic heterocycles. The van der Waals surface area contributed by atoms with Gasteiger partial charge in [-0.25, -0.2) is 4.98 Å². The number of aromatic nitrogens is 1. The minimum absolute atomic E-state index is 0.525. The first-order valence-electron chi connectivity index (χ1n) is 7.04. The average Bonchev–Trinajstić information content (AvgIpc) is 3.02. The van der Waals surface area contributed by atoms with E-state index in [2.05, 4.69) is 36.5 Å². The molecule has 0 radical (unpaired) electrons. The molecule has 0 bridgehead atoms. The number of fused-ring (bicyclic) bond motifs is 1. The van der Waals surface area contributed by atoms with Crippen molar-refractivity contribution in [2.75, 3.05) is 7.05 Å². The van der Waals surface area contributed by atoms with Crippen LogP contribution in [-0.4, -0.2) is 12.0 Å². The van der Waals surface area contributed by atoms with Gasteiger partial charge in [-0.05, 0) is 37.4 Å². The molecule has 3 heteroatoms. The second-order valence-corrected chi connectivity index (χ2v) is 6.21. The zero-order valence-electron chi connectivity index (χ0n) is 11.6. The number of aryl methyl sites for hydroxylation is 2. The van der Waals surface area contributed by atoms with E-state index < -0.39 is 0 Å². The van der Waals surface area contributed by atoms with Crippen LogP contribution in [0.25, 0.3) is 0 Å². The fourth-order valence-electron chi connectivity index (χ4n) is 2.94. The number of hydrogen-bond donors (Lipinski definition) is 1. The number of nitrogens with one attached hydrogen (secondary N) is 1. The Labute approximate surface area is 118 Å². The molecular formula is C16H20N2S. The topological polar surface area (TPSA) is 24.9 Å². The van der Waals surface area contributed by atoms with Gasteiger partial charge in [0.15, 0.2) is 0 Å². The second-order valence-electron chi connectivity index (χ2n) is 5.10. The number of benzene rings is 1. The summed E-state index contributed by atoms with van der Waals surface area (Å²) in [6.07, 6.45) is 3.44. The van der Waals surface area contributed by atoms with Gasteiger partial charge >= 0.3 is 0 Å². The molecule has 1 aliphatic carbocycles. The molecule has 0 saturated carbocycles. The molecule has 1 unspecified atom stereocenters. The molecule has 1 atom stereocenters. The molecule has 1 aromatic heterocycles. The van der Waals surface area contributed by atoms with Gasteiger partial charge in [-0.3, -0.25) is 0 Å². The quantitative estimate of drug-likeness (QED) is 0.921. The first-order valence-corrected chi connectivity index (χ1v) is 7.86. The monoisotopic (exact) mass is 272 g/mol. The molecule has 100 valence electrons. The fourth-order valence-corrected chi connectivity index (χ4v) is 4.26. The lowest BCUT2D eigenvalue weighted by Gasteiger charge is -2.07. The number of hydrogen-bond acceptors (Lipinski definition) is 3. The predicted molar refractivity (Wildman–Crippen MR) is 80.9 cm³/mol. The third-order valence-electron chi connectivity index (χ3n) is 3.90. The van der Waals surface area contributed by atoms with Gasteiger partial charge in [0.05, 0.1) is 5.69 Å². The van der Waals surface area contributed by atoms with Crippen LogP contribution in [0, 0.1) is 0 Å². The number of thiazole rings is 1. The SMILES string of the molecule is CCc1nc(C2CCc3ccccc32)sc1CNC. The van der Waals surface area contributed by atoms with Gasteiger partial charge in [-0.1, -0.05) is 31.2 Å². The highest BCUT2D eigenvalue weighted by molar-refractivity contribution is 7.11. The van der Waals surface area contributed by atoms with Crippen LogP contribution in [0.2, 0.25) is 0 Å². The molecule has 2 nitrogen and oxygen atoms in total. The van der Waals surface area contributed by atoms with Crippen molar-refractivity contribution in [2.45, 2.75) is 38.6 Å². The zero-order chi connectivity index (χ0) is 13.2. The van der Waals surface area contributed by atoms with Gasteiger partial charge in [0, 0.05) is 17.3 Å². The van der Waals surface area contributed by atoms with E-state index in [1.807, 2.05) is 18.4 Å². The predicted octanol–water partition coefficient (Wildman–Crippen LogP) is 3.50. The third kappa shape index (κ3) is 2.33. The molecular weight excluding hydrogens is 252 g/mol. The normalized spacial score (nSPS) is 17.7. The first kappa shape index (κ1) is 12.8. The lowest BCUT2D eigenvalue weighted by Crippen LogP contribution is -2.05. The maximum atomic E-state index is 4.91. The summed E-state index contributed by atoms with van der Waals surface area (Å²) in [5, 5.41) is 4.56. The maximum absolute atomic E-state index is 4.91. The van der Waals surface area contributed by atoms with E-state index >= 15 is 0 Å². The molecule has 0 saturated heterocycles. The Hall–Kier alpha value is -1.19. The average molecular weight is 272 g/mol. The maximum Gasteiger partial charge on any atom is 0.101 e. The number of nitrogens with zero attached hydrogens (tertiary/aromatic N) is 1. The van der Waals surface area contributed by atoms with E-state index in [1.165, 1.54) is 39.5 Å². The van der Waals surface area contributed by atoms with Crippen LogP contribution in [0.4, 0.5) is 0 Å². The summed E-state index contributed by atoms with van der Waals surface area (Å²) in [7, 11) is 2.00. The molecule has 1 N–H and O–H groups in total. The second kappa shape index (κ2) is 5.43. The summed E-state index contributed by atoms with van der Waals surface area (Å²) in [5.41, 5.74) is 4.28. The van der Waals surface area contributed by atoms with Crippen LogP contribution in [-0.2, 0) is 19.4 Å². The van der Waals surface area contributed by atoms with E-state index in [4.69, 9.17) is 4.98 Å². The van der Waals surface area contributed by atoms with Crippen molar-refractivity contribution in [1.29, 1.82) is 0 Å². The Morgan fingerprint density at radius 1 is 1.37 bits per heavy atom. The lowest BCUT2D eigenvalue weighted by molar-refractivity contribution is 0.771.